The van der Waals surface area contributed by atoms with Gasteiger partial charge in [-0.05, 0) is 34.9 Å². The molecule has 152 valence electrons. The van der Waals surface area contributed by atoms with Gasteiger partial charge in [0.05, 0.1) is 0 Å². The first-order valence-corrected chi connectivity index (χ1v) is 8.91. The van der Waals surface area contributed by atoms with Crippen molar-refractivity contribution in [3.63, 3.8) is 0 Å². The van der Waals surface area contributed by atoms with Gasteiger partial charge in [0.25, 0.3) is 5.91 Å². The fraction of sp³-hybridized carbons (Fsp3) is 0.143. The molecule has 2 aromatic heterocycles. The molecule has 9 heteroatoms. The van der Waals surface area contributed by atoms with Crippen molar-refractivity contribution >= 4 is 11.9 Å². The minimum Gasteiger partial charge on any atom is -0.369 e. The Kier molecular flexibility index (Phi) is 4.53. The Labute approximate surface area is 169 Å². The van der Waals surface area contributed by atoms with Gasteiger partial charge in [-0.2, -0.15) is 13.2 Å². The number of hydrogen-bond acceptors (Lipinski definition) is 5. The van der Waals surface area contributed by atoms with E-state index in [-0.39, 0.29) is 11.5 Å². The highest BCUT2D eigenvalue weighted by Crippen LogP contribution is 2.41. The highest BCUT2D eigenvalue weighted by atomic mass is 19.4. The predicted molar refractivity (Wildman–Crippen MR) is 104 cm³/mol. The van der Waals surface area contributed by atoms with E-state index in [1.807, 2.05) is 12.1 Å². The monoisotopic (exact) mass is 411 g/mol. The van der Waals surface area contributed by atoms with Crippen molar-refractivity contribution in [1.82, 2.24) is 14.9 Å². The molecule has 1 aromatic carbocycles. The van der Waals surface area contributed by atoms with Crippen LogP contribution in [0.25, 0.3) is 11.1 Å². The highest BCUT2D eigenvalue weighted by molar-refractivity contribution is 6.09. The summed E-state index contributed by atoms with van der Waals surface area (Å²) < 4.78 is 38.9. The largest absolute Gasteiger partial charge is 0.433 e. The van der Waals surface area contributed by atoms with E-state index in [1.54, 1.807) is 36.7 Å². The molecule has 3 aromatic rings. The number of pyridine rings is 2. The molecule has 0 fully saturated rings. The zero-order valence-corrected chi connectivity index (χ0v) is 15.8. The maximum atomic E-state index is 13.2. The van der Waals surface area contributed by atoms with Crippen LogP contribution >= 0.6 is 0 Å². The van der Waals surface area contributed by atoms with Crippen molar-refractivity contribution in [2.75, 3.05) is 7.05 Å². The molecule has 0 radical (unpaired) electrons. The van der Waals surface area contributed by atoms with Crippen LogP contribution in [0, 0.1) is 0 Å². The van der Waals surface area contributed by atoms with Gasteiger partial charge in [0, 0.05) is 31.2 Å². The number of carbonyl (C=O) groups is 1. The van der Waals surface area contributed by atoms with Crippen LogP contribution in [-0.2, 0) is 16.5 Å². The summed E-state index contributed by atoms with van der Waals surface area (Å²) in [5.41, 5.74) is 5.47. The van der Waals surface area contributed by atoms with E-state index in [2.05, 4.69) is 15.0 Å². The van der Waals surface area contributed by atoms with E-state index in [0.717, 1.165) is 23.4 Å². The van der Waals surface area contributed by atoms with Crippen LogP contribution in [0.4, 0.5) is 13.2 Å². The van der Waals surface area contributed by atoms with Crippen molar-refractivity contribution < 1.29 is 18.0 Å². The molecule has 6 nitrogen and oxygen atoms in total. The predicted octanol–water partition coefficient (Wildman–Crippen LogP) is 3.19. The Bertz CT molecular complexity index is 1130. The molecule has 0 bridgehead atoms. The van der Waals surface area contributed by atoms with Crippen LogP contribution in [0.15, 0.2) is 72.1 Å². The van der Waals surface area contributed by atoms with E-state index < -0.39 is 23.3 Å². The number of nitrogens with zero attached hydrogens (tertiary/aromatic N) is 4. The third-order valence-electron chi connectivity index (χ3n) is 4.99. The minimum atomic E-state index is -4.59. The number of guanidine groups is 1. The molecule has 0 aliphatic carbocycles. The van der Waals surface area contributed by atoms with Crippen LogP contribution in [0.5, 0.6) is 0 Å². The average Bonchev–Trinajstić information content (AvgIpc) is 2.99. The SMILES string of the molecule is CN1C(=O)C(c2ccc(C(F)(F)F)nc2)(c2cccc(-c3cccnc3)c2)N=C1N. The molecule has 0 saturated heterocycles. The second-order valence-electron chi connectivity index (χ2n) is 6.80. The maximum Gasteiger partial charge on any atom is 0.433 e. The molecule has 4 rings (SSSR count). The second kappa shape index (κ2) is 6.94. The van der Waals surface area contributed by atoms with E-state index in [1.165, 1.54) is 18.0 Å². The molecule has 1 amide bonds. The van der Waals surface area contributed by atoms with Gasteiger partial charge in [-0.25, -0.2) is 4.99 Å². The molecular formula is C21H16F3N5O. The topological polar surface area (TPSA) is 84.5 Å². The van der Waals surface area contributed by atoms with Crippen LogP contribution in [0.3, 0.4) is 0 Å². The van der Waals surface area contributed by atoms with Crippen LogP contribution in [-0.4, -0.2) is 33.8 Å². The van der Waals surface area contributed by atoms with Crippen LogP contribution in [0.2, 0.25) is 0 Å². The van der Waals surface area contributed by atoms with Crippen molar-refractivity contribution in [2.24, 2.45) is 10.7 Å². The smallest absolute Gasteiger partial charge is 0.369 e. The molecule has 1 atom stereocenters. The van der Waals surface area contributed by atoms with E-state index in [9.17, 15) is 18.0 Å². The van der Waals surface area contributed by atoms with Crippen LogP contribution < -0.4 is 5.73 Å². The lowest BCUT2D eigenvalue weighted by atomic mass is 9.82. The number of rotatable bonds is 3. The third-order valence-corrected chi connectivity index (χ3v) is 4.99. The van der Waals surface area contributed by atoms with Gasteiger partial charge in [-0.15, -0.1) is 0 Å². The lowest BCUT2D eigenvalue weighted by molar-refractivity contribution is -0.141. The van der Waals surface area contributed by atoms with E-state index in [4.69, 9.17) is 5.73 Å². The maximum absolute atomic E-state index is 13.2. The van der Waals surface area contributed by atoms with Crippen LogP contribution in [0.1, 0.15) is 16.8 Å². The van der Waals surface area contributed by atoms with Crippen molar-refractivity contribution in [3.8, 4) is 11.1 Å². The first kappa shape index (κ1) is 19.6. The Morgan fingerprint density at radius 3 is 2.33 bits per heavy atom. The summed E-state index contributed by atoms with van der Waals surface area (Å²) in [6.45, 7) is 0. The zero-order valence-electron chi connectivity index (χ0n) is 15.8. The summed E-state index contributed by atoms with van der Waals surface area (Å²) in [5, 5.41) is 0. The standard InChI is InChI=1S/C21H16F3N5O/c1-29-18(30)20(28-19(29)25,16-7-8-17(27-12-16)21(22,23)24)15-6-2-4-13(10-15)14-5-3-9-26-11-14/h2-12H,1H3,(H2,25,28). The fourth-order valence-corrected chi connectivity index (χ4v) is 3.42. The number of likely N-dealkylation sites (N-methyl/N-ethyl adjacent to an activating group) is 1. The molecular weight excluding hydrogens is 395 g/mol. The Balaban J connectivity index is 1.90. The van der Waals surface area contributed by atoms with Gasteiger partial charge in [0.15, 0.2) is 11.5 Å². The fourth-order valence-electron chi connectivity index (χ4n) is 3.42. The first-order chi connectivity index (χ1) is 14.2. The summed E-state index contributed by atoms with van der Waals surface area (Å²) in [5.74, 6) is -0.517. The average molecular weight is 411 g/mol. The van der Waals surface area contributed by atoms with Crippen molar-refractivity contribution in [1.29, 1.82) is 0 Å². The molecule has 1 aliphatic heterocycles. The van der Waals surface area contributed by atoms with E-state index in [0.29, 0.717) is 5.56 Å². The normalized spacial score (nSPS) is 19.1. The summed E-state index contributed by atoms with van der Waals surface area (Å²) >= 11 is 0. The zero-order chi connectivity index (χ0) is 21.5. The van der Waals surface area contributed by atoms with Gasteiger partial charge in [-0.1, -0.05) is 30.3 Å². The number of benzene rings is 1. The van der Waals surface area contributed by atoms with Gasteiger partial charge in [0.1, 0.15) is 5.69 Å². The van der Waals surface area contributed by atoms with Gasteiger partial charge in [0.2, 0.25) is 0 Å². The number of amides is 1. The molecule has 2 N–H and O–H groups in total. The third kappa shape index (κ3) is 3.08. The molecule has 1 aliphatic rings. The van der Waals surface area contributed by atoms with Gasteiger partial charge >= 0.3 is 6.18 Å². The van der Waals surface area contributed by atoms with Gasteiger partial charge < -0.3 is 5.73 Å². The summed E-state index contributed by atoms with van der Waals surface area (Å²) in [4.78, 5) is 26.4. The van der Waals surface area contributed by atoms with Crippen molar-refractivity contribution in [2.45, 2.75) is 11.7 Å². The summed E-state index contributed by atoms with van der Waals surface area (Å²) in [6, 6.07) is 12.7. The summed E-state index contributed by atoms with van der Waals surface area (Å²) in [7, 11) is 1.46. The minimum absolute atomic E-state index is 0.0355. The second-order valence-corrected chi connectivity index (χ2v) is 6.80. The number of alkyl halides is 3. The highest BCUT2D eigenvalue weighted by Gasteiger charge is 2.50. The number of aliphatic imine (C=N–C) groups is 1. The molecule has 3 heterocycles. The Hall–Kier alpha value is -3.75. The molecule has 1 unspecified atom stereocenters. The molecule has 0 spiro atoms. The lowest BCUT2D eigenvalue weighted by Crippen LogP contribution is -2.41. The first-order valence-electron chi connectivity index (χ1n) is 8.91. The number of carbonyl (C=O) groups excluding carboxylic acids is 1. The number of nitrogens with two attached hydrogens (primary N) is 1. The Morgan fingerprint density at radius 2 is 1.77 bits per heavy atom. The van der Waals surface area contributed by atoms with E-state index >= 15 is 0 Å². The quantitative estimate of drug-likeness (QED) is 0.717. The lowest BCUT2D eigenvalue weighted by Gasteiger charge is -2.26. The number of halogens is 3. The van der Waals surface area contributed by atoms with Crippen molar-refractivity contribution in [3.05, 3.63) is 83.9 Å². The Morgan fingerprint density at radius 1 is 1.00 bits per heavy atom. The molecule has 30 heavy (non-hydrogen) atoms. The molecule has 0 saturated carbocycles. The number of aromatic nitrogens is 2. The van der Waals surface area contributed by atoms with Gasteiger partial charge in [-0.3, -0.25) is 19.7 Å². The summed E-state index contributed by atoms with van der Waals surface area (Å²) in [6.07, 6.45) is -0.257. The number of hydrogen-bond donors (Lipinski definition) is 1.